The normalized spacial score (nSPS) is 13.1. The Morgan fingerprint density at radius 2 is 0.705 bits per heavy atom. The van der Waals surface area contributed by atoms with E-state index >= 15 is 0 Å². The van der Waals surface area contributed by atoms with Gasteiger partial charge in [-0.15, -0.1) is 0 Å². The molecule has 0 saturated heterocycles. The van der Waals surface area contributed by atoms with E-state index in [0.717, 1.165) is 38.5 Å². The van der Waals surface area contributed by atoms with Gasteiger partial charge < -0.3 is 39.4 Å². The van der Waals surface area contributed by atoms with Crippen LogP contribution in [0.4, 0.5) is 0 Å². The fraction of sp³-hybridized carbons (Fsp3) is 1.00. The van der Waals surface area contributed by atoms with E-state index in [0.29, 0.717) is 26.4 Å². The fourth-order valence-electron chi connectivity index (χ4n) is 3.24. The topological polar surface area (TPSA) is 118 Å². The van der Waals surface area contributed by atoms with E-state index in [2.05, 4.69) is 13.8 Å². The van der Waals surface area contributed by atoms with Crippen LogP contribution < -0.4 is 0 Å². The molecule has 0 fully saturated rings. The summed E-state index contributed by atoms with van der Waals surface area (Å²) >= 11 is 0. The van der Waals surface area contributed by atoms with Gasteiger partial charge in [0.2, 0.25) is 0 Å². The highest BCUT2D eigenvalue weighted by Gasteiger charge is 2.19. The maximum Gasteiger partial charge on any atom is 0.162 e. The molecular weight excluding hydrogens is 560 g/mol. The first-order valence-corrected chi connectivity index (χ1v) is 15.8. The zero-order valence-electron chi connectivity index (χ0n) is 28.7. The number of hydrogen-bond donors (Lipinski definition) is 4. The van der Waals surface area contributed by atoms with Crippen molar-refractivity contribution in [3.05, 3.63) is 0 Å². The summed E-state index contributed by atoms with van der Waals surface area (Å²) in [5, 5.41) is 37.0. The largest absolute Gasteiger partial charge is 0.366 e. The highest BCUT2D eigenvalue weighted by molar-refractivity contribution is 4.60. The van der Waals surface area contributed by atoms with Gasteiger partial charge in [-0.2, -0.15) is 0 Å². The Hall–Kier alpha value is -0.320. The van der Waals surface area contributed by atoms with Gasteiger partial charge in [0.05, 0.1) is 0 Å². The minimum atomic E-state index is -0.950. The Morgan fingerprint density at radius 3 is 0.932 bits per heavy atom. The third-order valence-electron chi connectivity index (χ3n) is 5.22. The summed E-state index contributed by atoms with van der Waals surface area (Å²) in [6.45, 7) is 24.6. The predicted molar refractivity (Wildman–Crippen MR) is 194 cm³/mol. The lowest BCUT2D eigenvalue weighted by Crippen LogP contribution is -2.28. The van der Waals surface area contributed by atoms with Crippen LogP contribution in [-0.2, 0) is 18.9 Å². The summed E-state index contributed by atoms with van der Waals surface area (Å²) in [6, 6.07) is 0. The second-order valence-electron chi connectivity index (χ2n) is 11.4. The van der Waals surface area contributed by atoms with Crippen molar-refractivity contribution in [1.82, 2.24) is 0 Å². The van der Waals surface area contributed by atoms with E-state index in [-0.39, 0.29) is 29.7 Å². The Balaban J connectivity index is -0.0000000652. The minimum Gasteiger partial charge on any atom is -0.366 e. The van der Waals surface area contributed by atoms with Gasteiger partial charge in [-0.3, -0.25) is 0 Å². The maximum atomic E-state index is 9.72. The molecule has 0 bridgehead atoms. The molecule has 0 radical (unpaired) electrons. The van der Waals surface area contributed by atoms with E-state index in [1.165, 1.54) is 38.5 Å². The zero-order chi connectivity index (χ0) is 32.1. The molecule has 0 saturated carbocycles. The first kappa shape index (κ1) is 62.5. The van der Waals surface area contributed by atoms with Crippen LogP contribution in [0.5, 0.6) is 0 Å². The Bertz CT molecular complexity index is 484. The van der Waals surface area contributed by atoms with E-state index in [1.54, 1.807) is 41.5 Å². The maximum absolute atomic E-state index is 9.72. The molecule has 2 atom stereocenters. The standard InChI is InChI=1S/C11H24O2.C10H22O2.C6H14O2.C5H12O2.4CH4/c1-4-6-7-8-9-11(3,12)13-10-5-2;1-4-6-7-8-9-10(3,11)12-5-2;1-4-5-8-6(2,3)7;1-4-7-5(2,3)6;;;;/h12H,4-10H2,1-3H3;11H,4-9H2,1-3H3;7H,4-5H2,1-3H3;6H,4H2,1-3H3;4*1H4. The minimum absolute atomic E-state index is 0. The highest BCUT2D eigenvalue weighted by Crippen LogP contribution is 2.17. The van der Waals surface area contributed by atoms with Crippen molar-refractivity contribution in [3.8, 4) is 0 Å². The van der Waals surface area contributed by atoms with Crippen molar-refractivity contribution in [1.29, 1.82) is 0 Å². The van der Waals surface area contributed by atoms with Gasteiger partial charge in [-0.25, -0.2) is 0 Å². The highest BCUT2D eigenvalue weighted by atomic mass is 16.6. The van der Waals surface area contributed by atoms with Crippen molar-refractivity contribution in [2.24, 2.45) is 0 Å². The first-order valence-electron chi connectivity index (χ1n) is 15.8. The lowest BCUT2D eigenvalue weighted by Gasteiger charge is -2.23. The molecule has 0 heterocycles. The molecule has 8 nitrogen and oxygen atoms in total. The van der Waals surface area contributed by atoms with Crippen molar-refractivity contribution >= 4 is 0 Å². The number of hydrogen-bond acceptors (Lipinski definition) is 8. The first-order chi connectivity index (χ1) is 18.4. The Kier molecular flexibility index (Phi) is 55.2. The van der Waals surface area contributed by atoms with Crippen molar-refractivity contribution < 1.29 is 39.4 Å². The summed E-state index contributed by atoms with van der Waals surface area (Å²) in [4.78, 5) is 0. The second kappa shape index (κ2) is 38.9. The van der Waals surface area contributed by atoms with Crippen molar-refractivity contribution in [2.45, 2.75) is 213 Å². The molecule has 0 aliphatic carbocycles. The molecule has 280 valence electrons. The van der Waals surface area contributed by atoms with Gasteiger partial charge in [-0.1, -0.05) is 95.9 Å². The molecule has 4 N–H and O–H groups in total. The average Bonchev–Trinajstić information content (AvgIpc) is 2.82. The molecule has 0 aromatic heterocycles. The Labute approximate surface area is 278 Å². The lowest BCUT2D eigenvalue weighted by molar-refractivity contribution is -0.194. The molecule has 0 aliphatic rings. The van der Waals surface area contributed by atoms with Gasteiger partial charge in [-0.05, 0) is 81.1 Å². The fourth-order valence-corrected chi connectivity index (χ4v) is 3.24. The molecule has 8 heteroatoms. The SMILES string of the molecule is C.C.C.C.CCCCCCC(C)(O)OCC.CCCCCCC(C)(O)OCCC.CCCOC(C)(C)O.CCOC(C)(C)O. The second-order valence-corrected chi connectivity index (χ2v) is 11.4. The van der Waals surface area contributed by atoms with Crippen LogP contribution in [0.25, 0.3) is 0 Å². The van der Waals surface area contributed by atoms with Crippen LogP contribution in [0.15, 0.2) is 0 Å². The van der Waals surface area contributed by atoms with Crippen molar-refractivity contribution in [2.75, 3.05) is 26.4 Å². The smallest absolute Gasteiger partial charge is 0.162 e. The molecule has 0 aromatic rings. The average molecular weight is 649 g/mol. The quantitative estimate of drug-likeness (QED) is 0.0761. The molecule has 0 spiro atoms. The molecule has 0 aromatic carbocycles. The monoisotopic (exact) mass is 649 g/mol. The van der Waals surface area contributed by atoms with Crippen LogP contribution in [0, 0.1) is 0 Å². The molecular formula is C36H88O8. The summed E-state index contributed by atoms with van der Waals surface area (Å²) in [6.07, 6.45) is 12.9. The lowest BCUT2D eigenvalue weighted by atomic mass is 10.1. The molecule has 0 rings (SSSR count). The summed E-state index contributed by atoms with van der Waals surface area (Å²) < 4.78 is 20.2. The van der Waals surface area contributed by atoms with Gasteiger partial charge in [0.15, 0.2) is 23.1 Å². The van der Waals surface area contributed by atoms with E-state index in [9.17, 15) is 10.2 Å². The summed E-state index contributed by atoms with van der Waals surface area (Å²) in [7, 11) is 0. The van der Waals surface area contributed by atoms with E-state index in [4.69, 9.17) is 29.2 Å². The number of ether oxygens (including phenoxy) is 4. The zero-order valence-corrected chi connectivity index (χ0v) is 28.7. The summed E-state index contributed by atoms with van der Waals surface area (Å²) in [5.41, 5.74) is 0. The predicted octanol–water partition coefficient (Wildman–Crippen LogP) is 10.2. The van der Waals surface area contributed by atoms with Crippen molar-refractivity contribution in [3.63, 3.8) is 0 Å². The Morgan fingerprint density at radius 1 is 0.386 bits per heavy atom. The molecule has 0 amide bonds. The molecule has 44 heavy (non-hydrogen) atoms. The van der Waals surface area contributed by atoms with Gasteiger partial charge in [0, 0.05) is 39.3 Å². The third kappa shape index (κ3) is 68.7. The number of aliphatic hydroxyl groups is 4. The number of rotatable bonds is 20. The van der Waals surface area contributed by atoms with E-state index in [1.807, 2.05) is 27.7 Å². The van der Waals surface area contributed by atoms with Gasteiger partial charge in [0.25, 0.3) is 0 Å². The van der Waals surface area contributed by atoms with Crippen LogP contribution in [0.1, 0.15) is 190 Å². The van der Waals surface area contributed by atoms with Crippen LogP contribution in [-0.4, -0.2) is 70.0 Å². The van der Waals surface area contributed by atoms with Gasteiger partial charge >= 0.3 is 0 Å². The molecule has 0 aliphatic heterocycles. The third-order valence-corrected chi connectivity index (χ3v) is 5.22. The summed E-state index contributed by atoms with van der Waals surface area (Å²) in [5.74, 6) is -3.70. The van der Waals surface area contributed by atoms with Crippen LogP contribution >= 0.6 is 0 Å². The van der Waals surface area contributed by atoms with Gasteiger partial charge in [0.1, 0.15) is 0 Å². The van der Waals surface area contributed by atoms with E-state index < -0.39 is 23.1 Å². The van der Waals surface area contributed by atoms with Crippen LogP contribution in [0.3, 0.4) is 0 Å². The molecule has 2 unspecified atom stereocenters. The van der Waals surface area contributed by atoms with Crippen LogP contribution in [0.2, 0.25) is 0 Å². The number of unbranched alkanes of at least 4 members (excludes halogenated alkanes) is 6.